The summed E-state index contributed by atoms with van der Waals surface area (Å²) in [7, 11) is 1.96. The number of likely N-dealkylation sites (tertiary alicyclic amines) is 1. The summed E-state index contributed by atoms with van der Waals surface area (Å²) in [6.45, 7) is 1.27. The molecule has 1 aromatic carbocycles. The molecule has 0 bridgehead atoms. The Labute approximate surface area is 134 Å². The van der Waals surface area contributed by atoms with Crippen molar-refractivity contribution >= 4 is 11.7 Å². The van der Waals surface area contributed by atoms with Gasteiger partial charge in [-0.3, -0.25) is 0 Å². The van der Waals surface area contributed by atoms with Crippen molar-refractivity contribution in [2.45, 2.75) is 25.9 Å². The molecule has 0 aliphatic carbocycles. The Kier molecular flexibility index (Phi) is 4.80. The maximum atomic E-state index is 13.9. The second-order valence-corrected chi connectivity index (χ2v) is 5.51. The molecular formula is C17H19FN4O. The van der Waals surface area contributed by atoms with E-state index in [9.17, 15) is 4.39 Å². The summed E-state index contributed by atoms with van der Waals surface area (Å²) in [5.41, 5.74) is 1.00. The number of hydrogen-bond acceptors (Lipinski definition) is 4. The molecule has 0 atom stereocenters. The van der Waals surface area contributed by atoms with Crippen molar-refractivity contribution in [2.75, 3.05) is 13.6 Å². The zero-order chi connectivity index (χ0) is 16.1. The maximum Gasteiger partial charge on any atom is 0.318 e. The van der Waals surface area contributed by atoms with E-state index in [1.54, 1.807) is 0 Å². The van der Waals surface area contributed by atoms with Gasteiger partial charge in [0.2, 0.25) is 0 Å². The van der Waals surface area contributed by atoms with Gasteiger partial charge in [0.25, 0.3) is 0 Å². The summed E-state index contributed by atoms with van der Waals surface area (Å²) < 4.78 is 19.4. The first-order chi connectivity index (χ1) is 11.2. The van der Waals surface area contributed by atoms with Gasteiger partial charge in [-0.2, -0.15) is 4.98 Å². The van der Waals surface area contributed by atoms with E-state index < -0.39 is 5.82 Å². The zero-order valence-corrected chi connectivity index (χ0v) is 13.1. The Bertz CT molecular complexity index is 690. The van der Waals surface area contributed by atoms with Crippen molar-refractivity contribution < 1.29 is 9.13 Å². The summed E-state index contributed by atoms with van der Waals surface area (Å²) in [6, 6.07) is 9.82. The predicted octanol–water partition coefficient (Wildman–Crippen LogP) is 3.34. The van der Waals surface area contributed by atoms with E-state index >= 15 is 0 Å². The second-order valence-electron chi connectivity index (χ2n) is 5.51. The van der Waals surface area contributed by atoms with Gasteiger partial charge < -0.3 is 9.64 Å². The second kappa shape index (κ2) is 7.17. The van der Waals surface area contributed by atoms with Gasteiger partial charge in [-0.25, -0.2) is 14.4 Å². The predicted molar refractivity (Wildman–Crippen MR) is 86.3 cm³/mol. The zero-order valence-electron chi connectivity index (χ0n) is 13.1. The van der Waals surface area contributed by atoms with E-state index in [-0.39, 0.29) is 11.8 Å². The lowest BCUT2D eigenvalue weighted by atomic mass is 10.1. The highest BCUT2D eigenvalue weighted by Crippen LogP contribution is 2.20. The fourth-order valence-electron chi connectivity index (χ4n) is 2.43. The van der Waals surface area contributed by atoms with Crippen molar-refractivity contribution in [3.05, 3.63) is 47.9 Å². The Balaban J connectivity index is 1.75. The third kappa shape index (κ3) is 4.03. The number of aliphatic imine (C=N–C) groups is 1. The highest BCUT2D eigenvalue weighted by atomic mass is 19.1. The van der Waals surface area contributed by atoms with E-state index in [2.05, 4.69) is 15.0 Å². The van der Waals surface area contributed by atoms with E-state index in [1.807, 2.05) is 42.3 Å². The van der Waals surface area contributed by atoms with Crippen molar-refractivity contribution in [3.63, 3.8) is 0 Å². The summed E-state index contributed by atoms with van der Waals surface area (Å²) in [5, 5.41) is 0. The van der Waals surface area contributed by atoms with Crippen LogP contribution in [-0.2, 0) is 6.61 Å². The molecule has 2 aromatic rings. The minimum atomic E-state index is -0.538. The standard InChI is InChI=1S/C17H19FN4O/c1-22-10-6-5-9-15(22)20-16-14(18)11-19-17(21-16)23-12-13-7-3-2-4-8-13/h2-4,7-8,11H,5-6,9-10,12H2,1H3/b20-15+. The number of halogens is 1. The quantitative estimate of drug-likeness (QED) is 0.868. The van der Waals surface area contributed by atoms with Crippen LogP contribution in [0.1, 0.15) is 24.8 Å². The first-order valence-electron chi connectivity index (χ1n) is 7.70. The molecule has 1 aliphatic rings. The highest BCUT2D eigenvalue weighted by molar-refractivity contribution is 5.84. The van der Waals surface area contributed by atoms with Gasteiger partial charge in [-0.05, 0) is 18.4 Å². The normalized spacial score (nSPS) is 16.6. The highest BCUT2D eigenvalue weighted by Gasteiger charge is 2.15. The molecule has 0 spiro atoms. The molecule has 1 aromatic heterocycles. The largest absolute Gasteiger partial charge is 0.459 e. The lowest BCUT2D eigenvalue weighted by molar-refractivity contribution is 0.279. The number of piperidine rings is 1. The lowest BCUT2D eigenvalue weighted by Crippen LogP contribution is -2.31. The summed E-state index contributed by atoms with van der Waals surface area (Å²) in [4.78, 5) is 14.4. The first-order valence-corrected chi connectivity index (χ1v) is 7.70. The van der Waals surface area contributed by atoms with E-state index in [1.165, 1.54) is 0 Å². The lowest BCUT2D eigenvalue weighted by Gasteiger charge is -2.25. The smallest absolute Gasteiger partial charge is 0.318 e. The molecule has 0 amide bonds. The van der Waals surface area contributed by atoms with Crippen LogP contribution in [0.2, 0.25) is 0 Å². The molecule has 23 heavy (non-hydrogen) atoms. The molecule has 1 saturated heterocycles. The monoisotopic (exact) mass is 314 g/mol. The maximum absolute atomic E-state index is 13.9. The molecular weight excluding hydrogens is 295 g/mol. The topological polar surface area (TPSA) is 50.6 Å². The number of nitrogens with zero attached hydrogens (tertiary/aromatic N) is 4. The van der Waals surface area contributed by atoms with Crippen LogP contribution >= 0.6 is 0 Å². The average molecular weight is 314 g/mol. The van der Waals surface area contributed by atoms with Crippen LogP contribution < -0.4 is 4.74 Å². The Morgan fingerprint density at radius 3 is 2.87 bits per heavy atom. The van der Waals surface area contributed by atoms with Crippen molar-refractivity contribution in [3.8, 4) is 6.01 Å². The van der Waals surface area contributed by atoms with Gasteiger partial charge in [0.15, 0.2) is 11.6 Å². The molecule has 0 saturated carbocycles. The number of ether oxygens (including phenoxy) is 1. The van der Waals surface area contributed by atoms with Gasteiger partial charge in [0.1, 0.15) is 12.4 Å². The van der Waals surface area contributed by atoms with Crippen LogP contribution in [-0.4, -0.2) is 34.3 Å². The summed E-state index contributed by atoms with van der Waals surface area (Å²) in [6.07, 6.45) is 4.14. The summed E-state index contributed by atoms with van der Waals surface area (Å²) in [5.74, 6) is 0.346. The molecule has 1 aliphatic heterocycles. The molecule has 0 N–H and O–H groups in total. The molecule has 2 heterocycles. The molecule has 3 rings (SSSR count). The Hall–Kier alpha value is -2.50. The minimum absolute atomic E-state index is 0.0341. The van der Waals surface area contributed by atoms with Crippen molar-refractivity contribution in [1.82, 2.24) is 14.9 Å². The average Bonchev–Trinajstić information content (AvgIpc) is 2.58. The number of benzene rings is 1. The van der Waals surface area contributed by atoms with Gasteiger partial charge in [0, 0.05) is 20.0 Å². The van der Waals surface area contributed by atoms with Gasteiger partial charge in [0.05, 0.1) is 6.20 Å². The molecule has 0 unspecified atom stereocenters. The van der Waals surface area contributed by atoms with E-state index in [4.69, 9.17) is 4.74 Å². The van der Waals surface area contributed by atoms with E-state index in [0.717, 1.165) is 43.4 Å². The number of rotatable bonds is 4. The molecule has 120 valence electrons. The number of amidine groups is 1. The van der Waals surface area contributed by atoms with Gasteiger partial charge >= 0.3 is 6.01 Å². The third-order valence-electron chi connectivity index (χ3n) is 3.73. The van der Waals surface area contributed by atoms with Crippen LogP contribution in [0, 0.1) is 5.82 Å². The van der Waals surface area contributed by atoms with Crippen LogP contribution in [0.5, 0.6) is 6.01 Å². The minimum Gasteiger partial charge on any atom is -0.459 e. The Morgan fingerprint density at radius 1 is 1.26 bits per heavy atom. The number of aromatic nitrogens is 2. The molecule has 1 fully saturated rings. The van der Waals surface area contributed by atoms with Gasteiger partial charge in [-0.15, -0.1) is 0 Å². The number of hydrogen-bond donors (Lipinski definition) is 0. The molecule has 5 nitrogen and oxygen atoms in total. The molecule has 6 heteroatoms. The van der Waals surface area contributed by atoms with Crippen LogP contribution in [0.4, 0.5) is 10.2 Å². The van der Waals surface area contributed by atoms with E-state index in [0.29, 0.717) is 6.61 Å². The fourth-order valence-corrected chi connectivity index (χ4v) is 2.43. The van der Waals surface area contributed by atoms with Crippen LogP contribution in [0.3, 0.4) is 0 Å². The molecule has 0 radical (unpaired) electrons. The fraction of sp³-hybridized carbons (Fsp3) is 0.353. The van der Waals surface area contributed by atoms with Gasteiger partial charge in [-0.1, -0.05) is 30.3 Å². The summed E-state index contributed by atoms with van der Waals surface area (Å²) >= 11 is 0. The van der Waals surface area contributed by atoms with Crippen LogP contribution in [0.15, 0.2) is 41.5 Å². The van der Waals surface area contributed by atoms with Crippen LogP contribution in [0.25, 0.3) is 0 Å². The van der Waals surface area contributed by atoms with Crippen molar-refractivity contribution in [1.29, 1.82) is 0 Å². The first kappa shape index (κ1) is 15.4. The SMILES string of the molecule is CN1CCCC/C1=N\c1nc(OCc2ccccc2)ncc1F. The third-order valence-corrected chi connectivity index (χ3v) is 3.73. The Morgan fingerprint density at radius 2 is 2.09 bits per heavy atom. The van der Waals surface area contributed by atoms with Crippen molar-refractivity contribution in [2.24, 2.45) is 4.99 Å².